The largest absolute Gasteiger partial charge is 0.496 e. The van der Waals surface area contributed by atoms with Crippen molar-refractivity contribution in [3.05, 3.63) is 28.8 Å². The molecule has 0 aliphatic heterocycles. The number of benzene rings is 1. The van der Waals surface area contributed by atoms with Gasteiger partial charge in [-0.25, -0.2) is 0 Å². The maximum atomic E-state index is 11.3. The number of nitrogens with two attached hydrogens (primary N) is 1. The van der Waals surface area contributed by atoms with Crippen LogP contribution < -0.4 is 15.8 Å². The van der Waals surface area contributed by atoms with E-state index in [0.29, 0.717) is 17.2 Å². The molecule has 88 valence electrons. The molecule has 4 nitrogen and oxygen atoms in total. The quantitative estimate of drug-likeness (QED) is 0.827. The van der Waals surface area contributed by atoms with Gasteiger partial charge in [-0.05, 0) is 23.8 Å². The molecule has 1 atom stereocenters. The lowest BCUT2D eigenvalue weighted by molar-refractivity contribution is -0.121. The van der Waals surface area contributed by atoms with E-state index in [1.807, 2.05) is 0 Å². The third-order valence-corrected chi connectivity index (χ3v) is 2.50. The normalized spacial score (nSPS) is 12.0. The van der Waals surface area contributed by atoms with Crippen LogP contribution in [-0.4, -0.2) is 26.1 Å². The Balaban J connectivity index is 2.86. The third kappa shape index (κ3) is 3.12. The van der Waals surface area contributed by atoms with Crippen LogP contribution in [0.5, 0.6) is 5.75 Å². The molecule has 0 saturated heterocycles. The van der Waals surface area contributed by atoms with E-state index in [9.17, 15) is 4.79 Å². The highest BCUT2D eigenvalue weighted by atomic mass is 35.5. The number of hydrogen-bond donors (Lipinski definition) is 2. The molecule has 16 heavy (non-hydrogen) atoms. The molecule has 1 rings (SSSR count). The zero-order valence-electron chi connectivity index (χ0n) is 9.29. The van der Waals surface area contributed by atoms with E-state index in [2.05, 4.69) is 5.32 Å². The first-order valence-electron chi connectivity index (χ1n) is 4.88. The fourth-order valence-corrected chi connectivity index (χ4v) is 1.62. The molecule has 0 fully saturated rings. The van der Waals surface area contributed by atoms with E-state index in [0.717, 1.165) is 5.56 Å². The number of carbonyl (C=O) groups excluding carboxylic acids is 1. The average Bonchev–Trinajstić information content (AvgIpc) is 2.28. The Labute approximate surface area is 99.7 Å². The van der Waals surface area contributed by atoms with Crippen molar-refractivity contribution in [1.29, 1.82) is 0 Å². The maximum absolute atomic E-state index is 11.3. The number of nitrogens with one attached hydrogen (secondary N) is 1. The third-order valence-electron chi connectivity index (χ3n) is 2.27. The summed E-state index contributed by atoms with van der Waals surface area (Å²) in [4.78, 5) is 11.3. The molecule has 0 aliphatic carbocycles. The molecule has 0 bridgehead atoms. The summed E-state index contributed by atoms with van der Waals surface area (Å²) in [6.07, 6.45) is 0.392. The van der Waals surface area contributed by atoms with Crippen molar-refractivity contribution >= 4 is 17.5 Å². The van der Waals surface area contributed by atoms with Gasteiger partial charge in [0, 0.05) is 18.5 Å². The Morgan fingerprint density at radius 3 is 2.88 bits per heavy atom. The Morgan fingerprint density at radius 2 is 2.31 bits per heavy atom. The first-order chi connectivity index (χ1) is 7.58. The van der Waals surface area contributed by atoms with Crippen LogP contribution in [0.1, 0.15) is 5.56 Å². The number of amides is 1. The van der Waals surface area contributed by atoms with Crippen molar-refractivity contribution < 1.29 is 9.53 Å². The summed E-state index contributed by atoms with van der Waals surface area (Å²) in [6.45, 7) is 0. The molecular formula is C11H15ClN2O2. The van der Waals surface area contributed by atoms with E-state index in [-0.39, 0.29) is 5.91 Å². The Hall–Kier alpha value is -1.26. The van der Waals surface area contributed by atoms with Crippen molar-refractivity contribution in [3.8, 4) is 5.75 Å². The van der Waals surface area contributed by atoms with E-state index in [1.165, 1.54) is 0 Å². The summed E-state index contributed by atoms with van der Waals surface area (Å²) in [5, 5.41) is 3.10. The summed E-state index contributed by atoms with van der Waals surface area (Å²) >= 11 is 5.87. The van der Waals surface area contributed by atoms with Gasteiger partial charge in [-0.15, -0.1) is 0 Å². The first-order valence-corrected chi connectivity index (χ1v) is 5.26. The molecule has 1 amide bonds. The minimum atomic E-state index is -0.600. The highest BCUT2D eigenvalue weighted by molar-refractivity contribution is 6.30. The van der Waals surface area contributed by atoms with Crippen LogP contribution in [0.3, 0.4) is 0 Å². The number of methoxy groups -OCH3 is 1. The number of carbonyl (C=O) groups is 1. The number of hydrogen-bond acceptors (Lipinski definition) is 3. The van der Waals surface area contributed by atoms with Gasteiger partial charge in [-0.1, -0.05) is 11.6 Å². The minimum absolute atomic E-state index is 0.206. The lowest BCUT2D eigenvalue weighted by Crippen LogP contribution is -2.40. The van der Waals surface area contributed by atoms with Gasteiger partial charge in [0.15, 0.2) is 0 Å². The zero-order chi connectivity index (χ0) is 12.1. The number of halogens is 1. The maximum Gasteiger partial charge on any atom is 0.237 e. The van der Waals surface area contributed by atoms with Gasteiger partial charge in [0.05, 0.1) is 13.2 Å². The van der Waals surface area contributed by atoms with Gasteiger partial charge < -0.3 is 15.8 Å². The van der Waals surface area contributed by atoms with Crippen molar-refractivity contribution in [2.45, 2.75) is 12.5 Å². The molecule has 1 aromatic rings. The topological polar surface area (TPSA) is 64.4 Å². The monoisotopic (exact) mass is 242 g/mol. The van der Waals surface area contributed by atoms with E-state index in [4.69, 9.17) is 22.1 Å². The SMILES string of the molecule is CNC(=O)C(N)Cc1cc(Cl)ccc1OC. The Bertz CT molecular complexity index is 382. The van der Waals surface area contributed by atoms with Crippen molar-refractivity contribution in [3.63, 3.8) is 0 Å². The van der Waals surface area contributed by atoms with Crippen LogP contribution in [0, 0.1) is 0 Å². The highest BCUT2D eigenvalue weighted by Crippen LogP contribution is 2.23. The number of ether oxygens (including phenoxy) is 1. The van der Waals surface area contributed by atoms with E-state index < -0.39 is 6.04 Å². The van der Waals surface area contributed by atoms with Crippen LogP contribution in [0.4, 0.5) is 0 Å². The fourth-order valence-electron chi connectivity index (χ4n) is 1.42. The lowest BCUT2D eigenvalue weighted by Gasteiger charge is -2.13. The minimum Gasteiger partial charge on any atom is -0.496 e. The average molecular weight is 243 g/mol. The van der Waals surface area contributed by atoms with Crippen LogP contribution in [0.15, 0.2) is 18.2 Å². The molecule has 5 heteroatoms. The highest BCUT2D eigenvalue weighted by Gasteiger charge is 2.15. The van der Waals surface area contributed by atoms with Gasteiger partial charge in [0.1, 0.15) is 5.75 Å². The van der Waals surface area contributed by atoms with Gasteiger partial charge in [-0.3, -0.25) is 4.79 Å². The summed E-state index contributed by atoms with van der Waals surface area (Å²) < 4.78 is 5.17. The smallest absolute Gasteiger partial charge is 0.237 e. The summed E-state index contributed by atoms with van der Waals surface area (Å²) in [5.74, 6) is 0.478. The Morgan fingerprint density at radius 1 is 1.62 bits per heavy atom. The summed E-state index contributed by atoms with van der Waals surface area (Å²) in [7, 11) is 3.12. The molecule has 0 aromatic heterocycles. The molecule has 1 unspecified atom stereocenters. The summed E-state index contributed by atoms with van der Waals surface area (Å²) in [6, 6.07) is 4.64. The molecule has 0 saturated carbocycles. The van der Waals surface area contributed by atoms with Gasteiger partial charge in [0.2, 0.25) is 5.91 Å². The van der Waals surface area contributed by atoms with Crippen LogP contribution >= 0.6 is 11.6 Å². The molecular weight excluding hydrogens is 228 g/mol. The zero-order valence-corrected chi connectivity index (χ0v) is 10.0. The second kappa shape index (κ2) is 5.72. The second-order valence-corrected chi connectivity index (χ2v) is 3.82. The number of likely N-dealkylation sites (N-methyl/N-ethyl adjacent to an activating group) is 1. The molecule has 0 aliphatic rings. The van der Waals surface area contributed by atoms with E-state index in [1.54, 1.807) is 32.4 Å². The van der Waals surface area contributed by atoms with E-state index >= 15 is 0 Å². The van der Waals surface area contributed by atoms with Crippen molar-refractivity contribution in [2.75, 3.05) is 14.2 Å². The van der Waals surface area contributed by atoms with Crippen LogP contribution in [-0.2, 0) is 11.2 Å². The lowest BCUT2D eigenvalue weighted by atomic mass is 10.1. The molecule has 1 aromatic carbocycles. The first kappa shape index (κ1) is 12.8. The van der Waals surface area contributed by atoms with Gasteiger partial charge >= 0.3 is 0 Å². The summed E-state index contributed by atoms with van der Waals surface area (Å²) in [5.41, 5.74) is 6.55. The van der Waals surface area contributed by atoms with Crippen molar-refractivity contribution in [2.24, 2.45) is 5.73 Å². The standard InChI is InChI=1S/C11H15ClN2O2/c1-14-11(15)9(13)6-7-5-8(12)3-4-10(7)16-2/h3-5,9H,6,13H2,1-2H3,(H,14,15). The Kier molecular flexibility index (Phi) is 4.58. The molecule has 0 heterocycles. The number of rotatable bonds is 4. The van der Waals surface area contributed by atoms with Crippen LogP contribution in [0.25, 0.3) is 0 Å². The van der Waals surface area contributed by atoms with Crippen LogP contribution in [0.2, 0.25) is 5.02 Å². The van der Waals surface area contributed by atoms with Crippen molar-refractivity contribution in [1.82, 2.24) is 5.32 Å². The predicted molar refractivity (Wildman–Crippen MR) is 63.8 cm³/mol. The molecule has 3 N–H and O–H groups in total. The molecule has 0 spiro atoms. The molecule has 0 radical (unpaired) electrons. The second-order valence-electron chi connectivity index (χ2n) is 3.38. The van der Waals surface area contributed by atoms with Gasteiger partial charge in [0.25, 0.3) is 0 Å². The fraction of sp³-hybridized carbons (Fsp3) is 0.364. The van der Waals surface area contributed by atoms with Gasteiger partial charge in [-0.2, -0.15) is 0 Å². The predicted octanol–water partition coefficient (Wildman–Crippen LogP) is 0.964.